The molecule has 0 spiro atoms. The quantitative estimate of drug-likeness (QED) is 0.561. The van der Waals surface area contributed by atoms with Crippen LogP contribution in [-0.2, 0) is 0 Å². The first-order valence-corrected chi connectivity index (χ1v) is 3.36. The molecule has 0 saturated carbocycles. The van der Waals surface area contributed by atoms with Crippen molar-refractivity contribution in [2.24, 2.45) is 5.29 Å². The number of hydrogen-bond donors (Lipinski definition) is 0. The molecule has 0 unspecified atom stereocenters. The zero-order valence-corrected chi connectivity index (χ0v) is 6.29. The molecule has 0 N–H and O–H groups in total. The zero-order chi connectivity index (χ0) is 8.27. The summed E-state index contributed by atoms with van der Waals surface area (Å²) in [6, 6.07) is 0. The highest BCUT2D eigenvalue weighted by molar-refractivity contribution is 5.37. The van der Waals surface area contributed by atoms with E-state index in [9.17, 15) is 4.91 Å². The molecule has 0 aromatic rings. The Morgan fingerprint density at radius 1 is 1.55 bits per heavy atom. The molecule has 0 radical (unpaired) electrons. The van der Waals surface area contributed by atoms with Gasteiger partial charge in [0.2, 0.25) is 0 Å². The van der Waals surface area contributed by atoms with Crippen LogP contribution in [0.3, 0.4) is 0 Å². The number of nitrogens with zero attached hydrogens (tertiary/aromatic N) is 2. The van der Waals surface area contributed by atoms with Crippen LogP contribution in [0, 0.1) is 4.91 Å². The maximum atomic E-state index is 10.1. The number of hydrogen-bond acceptors (Lipinski definition) is 2. The Balaban J connectivity index is 2.73. The van der Waals surface area contributed by atoms with Crippen LogP contribution in [0.5, 0.6) is 0 Å². The van der Waals surface area contributed by atoms with Gasteiger partial charge in [0, 0.05) is 0 Å². The number of nitroso groups, excluding NO2 is 1. The second kappa shape index (κ2) is 3.14. The third-order valence-corrected chi connectivity index (χ3v) is 1.61. The van der Waals surface area contributed by atoms with Crippen molar-refractivity contribution in [1.29, 1.82) is 0 Å². The van der Waals surface area contributed by atoms with Crippen molar-refractivity contribution in [3.8, 4) is 0 Å². The van der Waals surface area contributed by atoms with E-state index in [4.69, 9.17) is 0 Å². The maximum Gasteiger partial charge on any atom is 0.0649 e. The molecule has 11 heavy (non-hydrogen) atoms. The molecule has 58 valence electrons. The summed E-state index contributed by atoms with van der Waals surface area (Å²) in [5.41, 5.74) is 1.99. The fourth-order valence-corrected chi connectivity index (χ4v) is 1.06. The van der Waals surface area contributed by atoms with E-state index in [1.54, 1.807) is 6.08 Å². The van der Waals surface area contributed by atoms with Gasteiger partial charge in [-0.05, 0) is 11.1 Å². The van der Waals surface area contributed by atoms with Gasteiger partial charge in [0.1, 0.15) is 0 Å². The van der Waals surface area contributed by atoms with Crippen LogP contribution in [0.15, 0.2) is 41.7 Å². The minimum absolute atomic E-state index is 0.545. The standard InChI is InChI=1S/C8H10N2O/c1-3-4-8-6-10(9-11)5-7(8)2/h3-4H,1-2,5-6H2/b8-4-. The Hall–Kier alpha value is -1.38. The molecular weight excluding hydrogens is 140 g/mol. The molecule has 3 nitrogen and oxygen atoms in total. The summed E-state index contributed by atoms with van der Waals surface area (Å²) in [5.74, 6) is 0. The lowest BCUT2D eigenvalue weighted by Gasteiger charge is -2.00. The van der Waals surface area contributed by atoms with Crippen LogP contribution in [0.2, 0.25) is 0 Å². The van der Waals surface area contributed by atoms with E-state index in [-0.39, 0.29) is 0 Å². The van der Waals surface area contributed by atoms with Crippen LogP contribution < -0.4 is 0 Å². The van der Waals surface area contributed by atoms with Crippen molar-refractivity contribution in [2.75, 3.05) is 13.1 Å². The topological polar surface area (TPSA) is 32.7 Å². The molecule has 0 bridgehead atoms. The normalized spacial score (nSPS) is 20.9. The van der Waals surface area contributed by atoms with Crippen LogP contribution in [0.25, 0.3) is 0 Å². The van der Waals surface area contributed by atoms with Gasteiger partial charge in [-0.15, -0.1) is 4.91 Å². The Morgan fingerprint density at radius 2 is 2.27 bits per heavy atom. The minimum atomic E-state index is 0.545. The lowest BCUT2D eigenvalue weighted by atomic mass is 10.1. The van der Waals surface area contributed by atoms with Crippen LogP contribution in [-0.4, -0.2) is 18.1 Å². The molecule has 0 atom stereocenters. The summed E-state index contributed by atoms with van der Waals surface area (Å²) in [6.07, 6.45) is 3.54. The van der Waals surface area contributed by atoms with E-state index in [1.165, 1.54) is 5.01 Å². The fraction of sp³-hybridized carbons (Fsp3) is 0.250. The zero-order valence-electron chi connectivity index (χ0n) is 6.29. The lowest BCUT2D eigenvalue weighted by molar-refractivity contribution is 0.372. The van der Waals surface area contributed by atoms with Gasteiger partial charge in [-0.2, -0.15) is 0 Å². The number of rotatable bonds is 2. The summed E-state index contributed by atoms with van der Waals surface area (Å²) in [7, 11) is 0. The third-order valence-electron chi connectivity index (χ3n) is 1.61. The molecule has 1 aliphatic rings. The first-order valence-electron chi connectivity index (χ1n) is 3.36. The largest absolute Gasteiger partial charge is 0.252 e. The van der Waals surface area contributed by atoms with Gasteiger partial charge in [-0.1, -0.05) is 25.3 Å². The van der Waals surface area contributed by atoms with Crippen LogP contribution >= 0.6 is 0 Å². The summed E-state index contributed by atoms with van der Waals surface area (Å²) < 4.78 is 0. The van der Waals surface area contributed by atoms with Crippen molar-refractivity contribution >= 4 is 0 Å². The summed E-state index contributed by atoms with van der Waals surface area (Å²) in [6.45, 7) is 8.47. The van der Waals surface area contributed by atoms with E-state index in [0.29, 0.717) is 13.1 Å². The summed E-state index contributed by atoms with van der Waals surface area (Å²) >= 11 is 0. The van der Waals surface area contributed by atoms with Crippen molar-refractivity contribution in [1.82, 2.24) is 5.01 Å². The number of allylic oxidation sites excluding steroid dienone is 2. The molecule has 0 aromatic carbocycles. The van der Waals surface area contributed by atoms with Crippen molar-refractivity contribution in [3.05, 3.63) is 41.4 Å². The Bertz CT molecular complexity index is 230. The van der Waals surface area contributed by atoms with E-state index in [1.807, 2.05) is 6.08 Å². The monoisotopic (exact) mass is 150 g/mol. The van der Waals surface area contributed by atoms with Gasteiger partial charge < -0.3 is 0 Å². The second-order valence-corrected chi connectivity index (χ2v) is 2.44. The molecule has 1 rings (SSSR count). The van der Waals surface area contributed by atoms with Gasteiger partial charge in [-0.3, -0.25) is 5.01 Å². The van der Waals surface area contributed by atoms with Crippen molar-refractivity contribution in [3.63, 3.8) is 0 Å². The summed E-state index contributed by atoms with van der Waals surface area (Å²) in [4.78, 5) is 10.1. The predicted molar refractivity (Wildman–Crippen MR) is 44.8 cm³/mol. The Labute approximate surface area is 65.6 Å². The first kappa shape index (κ1) is 7.72. The Morgan fingerprint density at radius 3 is 2.73 bits per heavy atom. The molecule has 0 aliphatic carbocycles. The van der Waals surface area contributed by atoms with E-state index in [0.717, 1.165) is 11.1 Å². The fourth-order valence-electron chi connectivity index (χ4n) is 1.06. The van der Waals surface area contributed by atoms with Crippen molar-refractivity contribution < 1.29 is 0 Å². The summed E-state index contributed by atoms with van der Waals surface area (Å²) in [5, 5.41) is 4.25. The van der Waals surface area contributed by atoms with Gasteiger partial charge in [0.25, 0.3) is 0 Å². The smallest absolute Gasteiger partial charge is 0.0649 e. The van der Waals surface area contributed by atoms with Crippen molar-refractivity contribution in [2.45, 2.75) is 0 Å². The highest BCUT2D eigenvalue weighted by Crippen LogP contribution is 2.19. The van der Waals surface area contributed by atoms with Crippen LogP contribution in [0.1, 0.15) is 0 Å². The molecule has 1 heterocycles. The molecule has 1 aliphatic heterocycles. The van der Waals surface area contributed by atoms with Gasteiger partial charge in [0.05, 0.1) is 18.4 Å². The lowest BCUT2D eigenvalue weighted by Crippen LogP contribution is -2.09. The first-order chi connectivity index (χ1) is 5.27. The highest BCUT2D eigenvalue weighted by Gasteiger charge is 2.18. The highest BCUT2D eigenvalue weighted by atomic mass is 16.3. The predicted octanol–water partition coefficient (Wildman–Crippen LogP) is 1.65. The van der Waals surface area contributed by atoms with E-state index >= 15 is 0 Å². The SMILES string of the molecule is C=C/C=C1/CN(N=O)CC1=C. The van der Waals surface area contributed by atoms with Crippen LogP contribution in [0.4, 0.5) is 0 Å². The van der Waals surface area contributed by atoms with Gasteiger partial charge in [-0.25, -0.2) is 0 Å². The Kier molecular flexibility index (Phi) is 2.21. The molecule has 1 saturated heterocycles. The molecule has 1 fully saturated rings. The third kappa shape index (κ3) is 1.55. The molecule has 0 amide bonds. The molecule has 3 heteroatoms. The average molecular weight is 150 g/mol. The average Bonchev–Trinajstić information content (AvgIpc) is 2.33. The van der Waals surface area contributed by atoms with E-state index in [2.05, 4.69) is 18.4 Å². The second-order valence-electron chi connectivity index (χ2n) is 2.44. The van der Waals surface area contributed by atoms with Gasteiger partial charge >= 0.3 is 0 Å². The molecular formula is C8H10N2O. The molecule has 0 aromatic heterocycles. The minimum Gasteiger partial charge on any atom is -0.252 e. The van der Waals surface area contributed by atoms with E-state index < -0.39 is 0 Å². The maximum absolute atomic E-state index is 10.1. The van der Waals surface area contributed by atoms with Gasteiger partial charge in [0.15, 0.2) is 0 Å².